The molecule has 0 saturated carbocycles. The van der Waals surface area contributed by atoms with Crippen LogP contribution >= 0.6 is 0 Å². The third-order valence-electron chi connectivity index (χ3n) is 3.79. The van der Waals surface area contributed by atoms with Crippen molar-refractivity contribution in [3.8, 4) is 5.75 Å². The number of likely N-dealkylation sites (tertiary alicyclic amines) is 1. The number of hydrogen-bond acceptors (Lipinski definition) is 4. The third-order valence-corrected chi connectivity index (χ3v) is 3.79. The minimum atomic E-state index is -1.57. The van der Waals surface area contributed by atoms with Crippen LogP contribution in [-0.4, -0.2) is 53.7 Å². The summed E-state index contributed by atoms with van der Waals surface area (Å²) in [5.74, 6) is -0.706. The third kappa shape index (κ3) is 4.66. The molecule has 7 heteroatoms. The molecule has 0 radical (unpaired) electrons. The fraction of sp³-hybridized carbons (Fsp3) is 0.500. The summed E-state index contributed by atoms with van der Waals surface area (Å²) in [6.07, 6.45) is 0.886. The van der Waals surface area contributed by atoms with Crippen LogP contribution in [0.1, 0.15) is 19.8 Å². The van der Waals surface area contributed by atoms with Gasteiger partial charge in [-0.05, 0) is 25.0 Å². The van der Waals surface area contributed by atoms with Crippen LogP contribution in [0.5, 0.6) is 5.75 Å². The number of ether oxygens (including phenoxy) is 1. The molecule has 2 amide bonds. The van der Waals surface area contributed by atoms with Gasteiger partial charge < -0.3 is 20.1 Å². The van der Waals surface area contributed by atoms with E-state index in [1.807, 2.05) is 0 Å². The van der Waals surface area contributed by atoms with Gasteiger partial charge in [0.15, 0.2) is 5.60 Å². The van der Waals surface area contributed by atoms with Crippen LogP contribution < -0.4 is 10.1 Å². The second-order valence-corrected chi connectivity index (χ2v) is 5.64. The summed E-state index contributed by atoms with van der Waals surface area (Å²) in [7, 11) is 0. The molecule has 1 saturated heterocycles. The highest BCUT2D eigenvalue weighted by atomic mass is 19.1. The second kappa shape index (κ2) is 7.41. The van der Waals surface area contributed by atoms with Gasteiger partial charge >= 0.3 is 0 Å². The molecule has 0 aromatic heterocycles. The maximum absolute atomic E-state index is 13.0. The fourth-order valence-corrected chi connectivity index (χ4v) is 2.55. The number of nitrogens with one attached hydrogen (secondary N) is 1. The molecule has 0 bridgehead atoms. The highest BCUT2D eigenvalue weighted by molar-refractivity contribution is 5.86. The molecule has 1 aliphatic rings. The molecule has 1 fully saturated rings. The van der Waals surface area contributed by atoms with Gasteiger partial charge in [-0.25, -0.2) is 4.39 Å². The Morgan fingerprint density at radius 1 is 1.48 bits per heavy atom. The van der Waals surface area contributed by atoms with Gasteiger partial charge in [-0.2, -0.15) is 0 Å². The number of rotatable bonds is 5. The SMILES string of the molecule is CC(=O)N1CCCC(O)(C(=O)NCCOc2cccc(F)c2)C1. The molecule has 0 spiro atoms. The van der Waals surface area contributed by atoms with E-state index in [1.54, 1.807) is 6.07 Å². The highest BCUT2D eigenvalue weighted by Gasteiger charge is 2.40. The van der Waals surface area contributed by atoms with E-state index in [-0.39, 0.29) is 25.6 Å². The van der Waals surface area contributed by atoms with E-state index in [1.165, 1.54) is 30.0 Å². The number of amides is 2. The lowest BCUT2D eigenvalue weighted by Gasteiger charge is -2.37. The average molecular weight is 324 g/mol. The standard InChI is InChI=1S/C16H21FN2O4/c1-12(20)19-8-3-6-16(22,11-19)15(21)18-7-9-23-14-5-2-4-13(17)10-14/h2,4-5,10,22H,3,6-9,11H2,1H3,(H,18,21). The fourth-order valence-electron chi connectivity index (χ4n) is 2.55. The molecule has 1 aromatic rings. The normalized spacial score (nSPS) is 20.9. The molecular weight excluding hydrogens is 303 g/mol. The highest BCUT2D eigenvalue weighted by Crippen LogP contribution is 2.21. The van der Waals surface area contributed by atoms with Crippen LogP contribution in [0.25, 0.3) is 0 Å². The van der Waals surface area contributed by atoms with Gasteiger partial charge in [-0.1, -0.05) is 6.07 Å². The van der Waals surface area contributed by atoms with Gasteiger partial charge in [0.2, 0.25) is 5.91 Å². The van der Waals surface area contributed by atoms with Crippen molar-refractivity contribution in [1.82, 2.24) is 10.2 Å². The number of β-amino-alcohol motifs (C(OH)–C–C–N with tert-alkyl or cyclic N) is 1. The average Bonchev–Trinajstić information content (AvgIpc) is 2.51. The first kappa shape index (κ1) is 17.2. The van der Waals surface area contributed by atoms with Crippen molar-refractivity contribution in [3.63, 3.8) is 0 Å². The van der Waals surface area contributed by atoms with Gasteiger partial charge in [0, 0.05) is 19.5 Å². The van der Waals surface area contributed by atoms with Crippen molar-refractivity contribution in [2.75, 3.05) is 26.2 Å². The van der Waals surface area contributed by atoms with Crippen LogP contribution in [0.4, 0.5) is 4.39 Å². The number of benzene rings is 1. The smallest absolute Gasteiger partial charge is 0.253 e. The van der Waals surface area contributed by atoms with Gasteiger partial charge in [0.1, 0.15) is 18.2 Å². The minimum Gasteiger partial charge on any atom is -0.492 e. The Hall–Kier alpha value is -2.15. The zero-order valence-electron chi connectivity index (χ0n) is 13.0. The van der Waals surface area contributed by atoms with Crippen LogP contribution in [0.15, 0.2) is 24.3 Å². The van der Waals surface area contributed by atoms with E-state index in [0.717, 1.165) is 0 Å². The van der Waals surface area contributed by atoms with Crippen molar-refractivity contribution in [3.05, 3.63) is 30.1 Å². The number of aliphatic hydroxyl groups is 1. The molecule has 2 rings (SSSR count). The Morgan fingerprint density at radius 2 is 2.26 bits per heavy atom. The first-order valence-corrected chi connectivity index (χ1v) is 7.55. The zero-order valence-corrected chi connectivity index (χ0v) is 13.0. The van der Waals surface area contributed by atoms with E-state index in [2.05, 4.69) is 5.32 Å². The Balaban J connectivity index is 1.78. The van der Waals surface area contributed by atoms with Crippen LogP contribution in [0.2, 0.25) is 0 Å². The summed E-state index contributed by atoms with van der Waals surface area (Å²) in [6.45, 7) is 2.29. The molecule has 0 aliphatic carbocycles. The number of carbonyl (C=O) groups excluding carboxylic acids is 2. The lowest BCUT2D eigenvalue weighted by atomic mass is 9.92. The largest absolute Gasteiger partial charge is 0.492 e. The van der Waals surface area contributed by atoms with E-state index < -0.39 is 17.3 Å². The Labute approximate surface area is 134 Å². The van der Waals surface area contributed by atoms with E-state index in [4.69, 9.17) is 4.74 Å². The van der Waals surface area contributed by atoms with Crippen LogP contribution in [0, 0.1) is 5.82 Å². The molecule has 1 aromatic carbocycles. The molecule has 23 heavy (non-hydrogen) atoms. The van der Waals surface area contributed by atoms with Crippen molar-refractivity contribution in [2.45, 2.75) is 25.4 Å². The Kier molecular flexibility index (Phi) is 5.54. The number of piperidine rings is 1. The van der Waals surface area contributed by atoms with Gasteiger partial charge in [0.25, 0.3) is 5.91 Å². The van der Waals surface area contributed by atoms with Gasteiger partial charge in [0.05, 0.1) is 13.1 Å². The van der Waals surface area contributed by atoms with Crippen molar-refractivity contribution >= 4 is 11.8 Å². The maximum atomic E-state index is 13.0. The lowest BCUT2D eigenvalue weighted by Crippen LogP contribution is -2.58. The topological polar surface area (TPSA) is 78.9 Å². The molecule has 1 unspecified atom stereocenters. The van der Waals surface area contributed by atoms with E-state index >= 15 is 0 Å². The van der Waals surface area contributed by atoms with Crippen molar-refractivity contribution < 1.29 is 23.8 Å². The number of halogens is 1. The second-order valence-electron chi connectivity index (χ2n) is 5.64. The summed E-state index contributed by atoms with van der Waals surface area (Å²) in [5, 5.41) is 13.0. The Morgan fingerprint density at radius 3 is 2.96 bits per heavy atom. The predicted molar refractivity (Wildman–Crippen MR) is 81.3 cm³/mol. The summed E-state index contributed by atoms with van der Waals surface area (Å²) in [6, 6.07) is 5.71. The minimum absolute atomic E-state index is 0.00107. The predicted octanol–water partition coefficient (Wildman–Crippen LogP) is 0.694. The number of hydrogen-bond donors (Lipinski definition) is 2. The lowest BCUT2D eigenvalue weighted by molar-refractivity contribution is -0.150. The number of nitrogens with zero attached hydrogens (tertiary/aromatic N) is 1. The van der Waals surface area contributed by atoms with Crippen LogP contribution in [-0.2, 0) is 9.59 Å². The van der Waals surface area contributed by atoms with Crippen molar-refractivity contribution in [2.24, 2.45) is 0 Å². The molecule has 1 atom stereocenters. The molecular formula is C16H21FN2O4. The Bertz CT molecular complexity index is 581. The summed E-state index contributed by atoms with van der Waals surface area (Å²) in [4.78, 5) is 25.0. The zero-order chi connectivity index (χ0) is 16.9. The first-order chi connectivity index (χ1) is 10.9. The molecule has 1 heterocycles. The maximum Gasteiger partial charge on any atom is 0.253 e. The van der Waals surface area contributed by atoms with Gasteiger partial charge in [-0.3, -0.25) is 9.59 Å². The summed E-state index contributed by atoms with van der Waals surface area (Å²) < 4.78 is 18.3. The quantitative estimate of drug-likeness (QED) is 0.781. The molecule has 126 valence electrons. The van der Waals surface area contributed by atoms with E-state index in [9.17, 15) is 19.1 Å². The van der Waals surface area contributed by atoms with E-state index in [0.29, 0.717) is 25.1 Å². The molecule has 1 aliphatic heterocycles. The van der Waals surface area contributed by atoms with Gasteiger partial charge in [-0.15, -0.1) is 0 Å². The number of carbonyl (C=O) groups is 2. The van der Waals surface area contributed by atoms with Crippen LogP contribution in [0.3, 0.4) is 0 Å². The summed E-state index contributed by atoms with van der Waals surface area (Å²) in [5.41, 5.74) is -1.57. The first-order valence-electron chi connectivity index (χ1n) is 7.55. The summed E-state index contributed by atoms with van der Waals surface area (Å²) >= 11 is 0. The van der Waals surface area contributed by atoms with Crippen molar-refractivity contribution in [1.29, 1.82) is 0 Å². The molecule has 2 N–H and O–H groups in total. The molecule has 6 nitrogen and oxygen atoms in total. The monoisotopic (exact) mass is 324 g/mol.